The monoisotopic (exact) mass is 327 g/mol. The lowest BCUT2D eigenvalue weighted by molar-refractivity contribution is -0.151. The molecule has 1 fully saturated rings. The normalized spacial score (nSPS) is 18.0. The summed E-state index contributed by atoms with van der Waals surface area (Å²) in [5.41, 5.74) is 0.265. The molecule has 1 N–H and O–H groups in total. The molecule has 0 atom stereocenters. The Morgan fingerprint density at radius 3 is 2.67 bits per heavy atom. The summed E-state index contributed by atoms with van der Waals surface area (Å²) in [5.74, 6) is -0.355. The number of rotatable bonds is 3. The maximum absolute atomic E-state index is 11.7. The van der Waals surface area contributed by atoms with Gasteiger partial charge in [-0.25, -0.2) is 4.98 Å². The number of halogens is 2. The van der Waals surface area contributed by atoms with Gasteiger partial charge < -0.3 is 9.52 Å². The summed E-state index contributed by atoms with van der Waals surface area (Å²) < 4.78 is 5.67. The number of carboxylic acid groups (broad SMARTS) is 1. The van der Waals surface area contributed by atoms with Crippen molar-refractivity contribution in [2.24, 2.45) is 5.41 Å². The second-order valence-corrected chi connectivity index (χ2v) is 6.51. The number of benzene rings is 1. The molecule has 21 heavy (non-hydrogen) atoms. The molecule has 0 amide bonds. The smallest absolute Gasteiger partial charge is 0.310 e. The molecule has 0 aliphatic heterocycles. The lowest BCUT2D eigenvalue weighted by atomic mass is 9.72. The molecule has 1 aliphatic rings. The lowest BCUT2D eigenvalue weighted by Crippen LogP contribution is -2.35. The van der Waals surface area contributed by atoms with Gasteiger partial charge in [-0.15, -0.1) is 0 Å². The fraction of sp³-hybridized carbons (Fsp3) is 0.467. The largest absolute Gasteiger partial charge is 0.481 e. The molecule has 0 radical (unpaired) electrons. The van der Waals surface area contributed by atoms with Crippen LogP contribution in [0.4, 0.5) is 0 Å². The van der Waals surface area contributed by atoms with Gasteiger partial charge in [0.25, 0.3) is 0 Å². The Morgan fingerprint density at radius 2 is 2.00 bits per heavy atom. The van der Waals surface area contributed by atoms with Crippen LogP contribution in [0.1, 0.15) is 38.0 Å². The third-order valence-corrected chi connectivity index (χ3v) is 4.71. The van der Waals surface area contributed by atoms with Crippen LogP contribution < -0.4 is 0 Å². The Hall–Kier alpha value is -1.26. The molecule has 112 valence electrons. The van der Waals surface area contributed by atoms with Gasteiger partial charge >= 0.3 is 5.97 Å². The van der Waals surface area contributed by atoms with Crippen LogP contribution >= 0.6 is 23.2 Å². The van der Waals surface area contributed by atoms with E-state index in [-0.39, 0.29) is 0 Å². The van der Waals surface area contributed by atoms with E-state index in [1.54, 1.807) is 12.1 Å². The van der Waals surface area contributed by atoms with Crippen LogP contribution in [0.5, 0.6) is 0 Å². The number of carbonyl (C=O) groups is 1. The zero-order chi connectivity index (χ0) is 15.0. The molecule has 0 spiro atoms. The molecule has 1 saturated carbocycles. The van der Waals surface area contributed by atoms with Crippen molar-refractivity contribution in [3.63, 3.8) is 0 Å². The van der Waals surface area contributed by atoms with Crippen molar-refractivity contribution >= 4 is 40.3 Å². The molecule has 0 bridgehead atoms. The van der Waals surface area contributed by atoms with Crippen molar-refractivity contribution in [3.8, 4) is 0 Å². The maximum atomic E-state index is 11.7. The van der Waals surface area contributed by atoms with Crippen LogP contribution in [0.15, 0.2) is 16.5 Å². The fourth-order valence-corrected chi connectivity index (χ4v) is 3.59. The summed E-state index contributed by atoms with van der Waals surface area (Å²) >= 11 is 12.0. The summed E-state index contributed by atoms with van der Waals surface area (Å²) in [6.45, 7) is 0. The Morgan fingerprint density at radius 1 is 1.29 bits per heavy atom. The SMILES string of the molecule is O=C(O)C1(Cc2nc3cc(Cl)cc(Cl)c3o2)CCCCC1. The van der Waals surface area contributed by atoms with E-state index in [9.17, 15) is 9.90 Å². The predicted molar refractivity (Wildman–Crippen MR) is 80.9 cm³/mol. The first-order valence-electron chi connectivity index (χ1n) is 6.98. The van der Waals surface area contributed by atoms with E-state index in [0.29, 0.717) is 46.3 Å². The molecule has 4 nitrogen and oxygen atoms in total. The molecule has 6 heteroatoms. The highest BCUT2D eigenvalue weighted by molar-refractivity contribution is 6.37. The van der Waals surface area contributed by atoms with Gasteiger partial charge in [-0.1, -0.05) is 42.5 Å². The van der Waals surface area contributed by atoms with Gasteiger partial charge in [0.2, 0.25) is 0 Å². The number of oxazole rings is 1. The Labute approximate surface area is 132 Å². The van der Waals surface area contributed by atoms with Gasteiger partial charge in [-0.2, -0.15) is 0 Å². The van der Waals surface area contributed by atoms with Crippen molar-refractivity contribution in [3.05, 3.63) is 28.1 Å². The van der Waals surface area contributed by atoms with E-state index in [0.717, 1.165) is 19.3 Å². The Balaban J connectivity index is 1.96. The number of aliphatic carboxylic acids is 1. The topological polar surface area (TPSA) is 63.3 Å². The van der Waals surface area contributed by atoms with E-state index < -0.39 is 11.4 Å². The Bertz CT molecular complexity index is 690. The molecule has 3 rings (SSSR count). The standard InChI is InChI=1S/C15H15Cl2NO3/c16-9-6-10(17)13-11(7-9)18-12(21-13)8-15(14(19)20)4-2-1-3-5-15/h6-7H,1-5,8H2,(H,19,20). The summed E-state index contributed by atoms with van der Waals surface area (Å²) in [6.07, 6.45) is 4.57. The zero-order valence-corrected chi connectivity index (χ0v) is 12.9. The quantitative estimate of drug-likeness (QED) is 0.886. The third kappa shape index (κ3) is 2.74. The number of aromatic nitrogens is 1. The minimum atomic E-state index is -0.770. The van der Waals surface area contributed by atoms with E-state index >= 15 is 0 Å². The summed E-state index contributed by atoms with van der Waals surface area (Å²) in [5, 5.41) is 10.5. The minimum Gasteiger partial charge on any atom is -0.481 e. The number of nitrogens with zero attached hydrogens (tertiary/aromatic N) is 1. The molecule has 2 aromatic rings. The molecular weight excluding hydrogens is 313 g/mol. The van der Waals surface area contributed by atoms with Gasteiger partial charge in [-0.05, 0) is 25.0 Å². The molecule has 0 saturated heterocycles. The minimum absolute atomic E-state index is 0.297. The Kier molecular flexibility index (Phi) is 3.84. The van der Waals surface area contributed by atoms with E-state index in [1.807, 2.05) is 0 Å². The molecule has 1 aromatic carbocycles. The van der Waals surface area contributed by atoms with Crippen LogP contribution in [0.25, 0.3) is 11.1 Å². The predicted octanol–water partition coefficient (Wildman–Crippen LogP) is 4.71. The number of carboxylic acids is 1. The highest BCUT2D eigenvalue weighted by Crippen LogP contribution is 2.40. The van der Waals surface area contributed by atoms with Crippen LogP contribution in [-0.4, -0.2) is 16.1 Å². The zero-order valence-electron chi connectivity index (χ0n) is 11.4. The summed E-state index contributed by atoms with van der Waals surface area (Å²) in [7, 11) is 0. The number of hydrogen-bond acceptors (Lipinski definition) is 3. The molecular formula is C15H15Cl2NO3. The van der Waals surface area contributed by atoms with Crippen molar-refractivity contribution < 1.29 is 14.3 Å². The van der Waals surface area contributed by atoms with Crippen LogP contribution in [0, 0.1) is 5.41 Å². The second-order valence-electron chi connectivity index (χ2n) is 5.67. The second kappa shape index (κ2) is 5.50. The van der Waals surface area contributed by atoms with Crippen LogP contribution in [0.3, 0.4) is 0 Å². The number of hydrogen-bond donors (Lipinski definition) is 1. The van der Waals surface area contributed by atoms with Gasteiger partial charge in [-0.3, -0.25) is 4.79 Å². The van der Waals surface area contributed by atoms with E-state index in [4.69, 9.17) is 27.6 Å². The van der Waals surface area contributed by atoms with E-state index in [2.05, 4.69) is 4.98 Å². The molecule has 0 unspecified atom stereocenters. The summed E-state index contributed by atoms with van der Waals surface area (Å²) in [4.78, 5) is 16.1. The molecule has 1 aromatic heterocycles. The van der Waals surface area contributed by atoms with Gasteiger partial charge in [0.1, 0.15) is 5.52 Å². The van der Waals surface area contributed by atoms with Crippen LogP contribution in [0.2, 0.25) is 10.0 Å². The first-order chi connectivity index (χ1) is 10.00. The van der Waals surface area contributed by atoms with Crippen LogP contribution in [-0.2, 0) is 11.2 Å². The third-order valence-electron chi connectivity index (χ3n) is 4.21. The first-order valence-corrected chi connectivity index (χ1v) is 7.74. The van der Waals surface area contributed by atoms with Crippen molar-refractivity contribution in [1.82, 2.24) is 4.98 Å². The van der Waals surface area contributed by atoms with Crippen molar-refractivity contribution in [2.45, 2.75) is 38.5 Å². The van der Waals surface area contributed by atoms with Gasteiger partial charge in [0, 0.05) is 11.4 Å². The van der Waals surface area contributed by atoms with Gasteiger partial charge in [0.05, 0.1) is 10.4 Å². The highest BCUT2D eigenvalue weighted by atomic mass is 35.5. The van der Waals surface area contributed by atoms with Crippen molar-refractivity contribution in [2.75, 3.05) is 0 Å². The molecule has 1 heterocycles. The summed E-state index contributed by atoms with van der Waals surface area (Å²) in [6, 6.07) is 3.26. The lowest BCUT2D eigenvalue weighted by Gasteiger charge is -2.31. The molecule has 1 aliphatic carbocycles. The average Bonchev–Trinajstić information content (AvgIpc) is 2.82. The van der Waals surface area contributed by atoms with Crippen molar-refractivity contribution in [1.29, 1.82) is 0 Å². The maximum Gasteiger partial charge on any atom is 0.310 e. The first kappa shape index (κ1) is 14.7. The average molecular weight is 328 g/mol. The number of fused-ring (bicyclic) bond motifs is 1. The highest BCUT2D eigenvalue weighted by Gasteiger charge is 2.41. The van der Waals surface area contributed by atoms with Gasteiger partial charge in [0.15, 0.2) is 11.5 Å². The fourth-order valence-electron chi connectivity index (χ4n) is 3.07. The van der Waals surface area contributed by atoms with E-state index in [1.165, 1.54) is 0 Å².